The highest BCUT2D eigenvalue weighted by Gasteiger charge is 2.31. The SMILES string of the molecule is COc1cccc(Cn2nc(C(=O)NC3CC3)c3c2CCN(Cc2cccnc2)C3)c1. The van der Waals surface area contributed by atoms with Crippen LogP contribution in [0.5, 0.6) is 5.75 Å². The molecule has 1 aliphatic heterocycles. The maximum atomic E-state index is 13.0. The number of amides is 1. The summed E-state index contributed by atoms with van der Waals surface area (Å²) in [5.41, 5.74) is 5.07. The molecule has 0 atom stereocenters. The predicted molar refractivity (Wildman–Crippen MR) is 117 cm³/mol. The molecule has 3 heterocycles. The number of methoxy groups -OCH3 is 1. The van der Waals surface area contributed by atoms with Crippen molar-refractivity contribution in [2.75, 3.05) is 13.7 Å². The minimum atomic E-state index is -0.0497. The largest absolute Gasteiger partial charge is 0.497 e. The number of rotatable bonds is 7. The van der Waals surface area contributed by atoms with E-state index < -0.39 is 0 Å². The lowest BCUT2D eigenvalue weighted by atomic mass is 10.0. The van der Waals surface area contributed by atoms with Crippen LogP contribution < -0.4 is 10.1 Å². The van der Waals surface area contributed by atoms with E-state index in [0.717, 1.165) is 61.5 Å². The third-order valence-corrected chi connectivity index (χ3v) is 5.94. The fourth-order valence-electron chi connectivity index (χ4n) is 4.17. The van der Waals surface area contributed by atoms with Crippen LogP contribution in [0.2, 0.25) is 0 Å². The van der Waals surface area contributed by atoms with E-state index in [1.54, 1.807) is 13.3 Å². The molecule has 7 nitrogen and oxygen atoms in total. The molecule has 2 aliphatic rings. The first-order valence-corrected chi connectivity index (χ1v) is 10.8. The molecule has 1 aliphatic carbocycles. The second-order valence-corrected chi connectivity index (χ2v) is 8.35. The van der Waals surface area contributed by atoms with Crippen molar-refractivity contribution < 1.29 is 9.53 Å². The van der Waals surface area contributed by atoms with E-state index in [1.165, 1.54) is 5.56 Å². The van der Waals surface area contributed by atoms with E-state index >= 15 is 0 Å². The third-order valence-electron chi connectivity index (χ3n) is 5.94. The second-order valence-electron chi connectivity index (χ2n) is 8.35. The van der Waals surface area contributed by atoms with Crippen LogP contribution in [0.15, 0.2) is 48.8 Å². The zero-order chi connectivity index (χ0) is 21.2. The lowest BCUT2D eigenvalue weighted by Gasteiger charge is -2.27. The van der Waals surface area contributed by atoms with E-state index in [1.807, 2.05) is 35.1 Å². The van der Waals surface area contributed by atoms with Gasteiger partial charge in [-0.05, 0) is 42.2 Å². The van der Waals surface area contributed by atoms with Gasteiger partial charge in [0.2, 0.25) is 0 Å². The van der Waals surface area contributed by atoms with Crippen molar-refractivity contribution in [2.45, 2.75) is 44.9 Å². The number of benzene rings is 1. The molecular formula is C24H27N5O2. The molecule has 0 spiro atoms. The number of nitrogens with one attached hydrogen (secondary N) is 1. The van der Waals surface area contributed by atoms with Crippen molar-refractivity contribution in [3.8, 4) is 5.75 Å². The Balaban J connectivity index is 1.42. The minimum Gasteiger partial charge on any atom is -0.497 e. The van der Waals surface area contributed by atoms with Crippen molar-refractivity contribution in [1.29, 1.82) is 0 Å². The molecule has 1 N–H and O–H groups in total. The molecular weight excluding hydrogens is 390 g/mol. The number of nitrogens with zero attached hydrogens (tertiary/aromatic N) is 4. The lowest BCUT2D eigenvalue weighted by Crippen LogP contribution is -2.32. The standard InChI is InChI=1S/C24H27N5O2/c1-31-20-6-2-4-17(12-20)15-29-22-9-11-28(14-18-5-3-10-25-13-18)16-21(22)23(27-29)24(30)26-19-7-8-19/h2-6,10,12-13,19H,7-9,11,14-16H2,1H3,(H,26,30). The zero-order valence-electron chi connectivity index (χ0n) is 17.8. The Morgan fingerprint density at radius 1 is 1.19 bits per heavy atom. The summed E-state index contributed by atoms with van der Waals surface area (Å²) in [6.07, 6.45) is 6.68. The lowest BCUT2D eigenvalue weighted by molar-refractivity contribution is 0.0943. The van der Waals surface area contributed by atoms with Crippen LogP contribution in [0.3, 0.4) is 0 Å². The Morgan fingerprint density at radius 3 is 2.84 bits per heavy atom. The number of carbonyl (C=O) groups is 1. The van der Waals surface area contributed by atoms with Gasteiger partial charge >= 0.3 is 0 Å². The quantitative estimate of drug-likeness (QED) is 0.640. The Hall–Kier alpha value is -3.19. The van der Waals surface area contributed by atoms with Crippen LogP contribution in [-0.2, 0) is 26.1 Å². The third kappa shape index (κ3) is 4.46. The van der Waals surface area contributed by atoms with Crippen LogP contribution >= 0.6 is 0 Å². The van der Waals surface area contributed by atoms with Gasteiger partial charge in [0.15, 0.2) is 5.69 Å². The molecule has 31 heavy (non-hydrogen) atoms. The van der Waals surface area contributed by atoms with Gasteiger partial charge < -0.3 is 10.1 Å². The minimum absolute atomic E-state index is 0.0497. The Morgan fingerprint density at radius 2 is 2.06 bits per heavy atom. The molecule has 1 saturated carbocycles. The molecule has 1 fully saturated rings. The molecule has 5 rings (SSSR count). The molecule has 0 bridgehead atoms. The van der Waals surface area contributed by atoms with Crippen molar-refractivity contribution in [3.63, 3.8) is 0 Å². The molecule has 7 heteroatoms. The summed E-state index contributed by atoms with van der Waals surface area (Å²) in [5.74, 6) is 0.777. The van der Waals surface area contributed by atoms with Gasteiger partial charge in [-0.3, -0.25) is 19.4 Å². The van der Waals surface area contributed by atoms with Gasteiger partial charge in [-0.15, -0.1) is 0 Å². The first kappa shape index (κ1) is 19.8. The molecule has 3 aromatic rings. The second kappa shape index (κ2) is 8.51. The van der Waals surface area contributed by atoms with Gasteiger partial charge in [0.1, 0.15) is 5.75 Å². The summed E-state index contributed by atoms with van der Waals surface area (Å²) in [6.45, 7) is 3.09. The number of ether oxygens (including phenoxy) is 1. The normalized spacial score (nSPS) is 16.0. The molecule has 1 amide bonds. The molecule has 2 aromatic heterocycles. The zero-order valence-corrected chi connectivity index (χ0v) is 17.8. The van der Waals surface area contributed by atoms with Gasteiger partial charge in [0.25, 0.3) is 5.91 Å². The molecule has 0 saturated heterocycles. The molecule has 1 aromatic carbocycles. The van der Waals surface area contributed by atoms with Crippen LogP contribution in [-0.4, -0.2) is 45.3 Å². The number of hydrogen-bond acceptors (Lipinski definition) is 5. The highest BCUT2D eigenvalue weighted by atomic mass is 16.5. The topological polar surface area (TPSA) is 72.3 Å². The van der Waals surface area contributed by atoms with Gasteiger partial charge in [-0.2, -0.15) is 5.10 Å². The number of hydrogen-bond donors (Lipinski definition) is 1. The van der Waals surface area contributed by atoms with Gasteiger partial charge in [0, 0.05) is 55.7 Å². The summed E-state index contributed by atoms with van der Waals surface area (Å²) in [6, 6.07) is 12.4. The summed E-state index contributed by atoms with van der Waals surface area (Å²) < 4.78 is 7.37. The van der Waals surface area contributed by atoms with Crippen LogP contribution in [0.25, 0.3) is 0 Å². The summed E-state index contributed by atoms with van der Waals surface area (Å²) in [7, 11) is 1.67. The molecule has 0 radical (unpaired) electrons. The van der Waals surface area contributed by atoms with Crippen molar-refractivity contribution in [3.05, 3.63) is 76.9 Å². The maximum Gasteiger partial charge on any atom is 0.272 e. The van der Waals surface area contributed by atoms with Gasteiger partial charge in [-0.1, -0.05) is 18.2 Å². The van der Waals surface area contributed by atoms with Crippen molar-refractivity contribution in [1.82, 2.24) is 25.0 Å². The highest BCUT2D eigenvalue weighted by molar-refractivity contribution is 5.94. The molecule has 0 unspecified atom stereocenters. The Kier molecular flexibility index (Phi) is 5.42. The van der Waals surface area contributed by atoms with E-state index in [0.29, 0.717) is 18.3 Å². The fraction of sp³-hybridized carbons (Fsp3) is 0.375. The monoisotopic (exact) mass is 417 g/mol. The number of pyridine rings is 1. The fourth-order valence-corrected chi connectivity index (χ4v) is 4.17. The summed E-state index contributed by atoms with van der Waals surface area (Å²) >= 11 is 0. The number of carbonyl (C=O) groups excluding carboxylic acids is 1. The number of aromatic nitrogens is 3. The Bertz CT molecular complexity index is 1070. The predicted octanol–water partition coefficient (Wildman–Crippen LogP) is 2.79. The van der Waals surface area contributed by atoms with E-state index in [-0.39, 0.29) is 5.91 Å². The average molecular weight is 418 g/mol. The Labute approximate surface area is 182 Å². The van der Waals surface area contributed by atoms with Gasteiger partial charge in [-0.25, -0.2) is 0 Å². The van der Waals surface area contributed by atoms with E-state index in [2.05, 4.69) is 27.3 Å². The summed E-state index contributed by atoms with van der Waals surface area (Å²) in [4.78, 5) is 19.6. The smallest absolute Gasteiger partial charge is 0.272 e. The highest BCUT2D eigenvalue weighted by Crippen LogP contribution is 2.27. The van der Waals surface area contributed by atoms with E-state index in [4.69, 9.17) is 9.84 Å². The van der Waals surface area contributed by atoms with Crippen LogP contribution in [0.4, 0.5) is 0 Å². The van der Waals surface area contributed by atoms with E-state index in [9.17, 15) is 4.79 Å². The summed E-state index contributed by atoms with van der Waals surface area (Å²) in [5, 5.41) is 7.91. The van der Waals surface area contributed by atoms with Crippen LogP contribution in [0.1, 0.15) is 45.7 Å². The first-order chi connectivity index (χ1) is 15.2. The van der Waals surface area contributed by atoms with Crippen LogP contribution in [0, 0.1) is 0 Å². The van der Waals surface area contributed by atoms with Gasteiger partial charge in [0.05, 0.1) is 13.7 Å². The average Bonchev–Trinajstić information content (AvgIpc) is 3.54. The maximum absolute atomic E-state index is 13.0. The number of fused-ring (bicyclic) bond motifs is 1. The molecule has 160 valence electrons. The van der Waals surface area contributed by atoms with Crippen molar-refractivity contribution >= 4 is 5.91 Å². The van der Waals surface area contributed by atoms with Crippen molar-refractivity contribution in [2.24, 2.45) is 0 Å². The first-order valence-electron chi connectivity index (χ1n) is 10.8.